The molecule has 0 atom stereocenters. The lowest BCUT2D eigenvalue weighted by atomic mass is 9.82. The van der Waals surface area contributed by atoms with Gasteiger partial charge in [-0.05, 0) is 26.7 Å². The van der Waals surface area contributed by atoms with E-state index in [2.05, 4.69) is 4.98 Å². The number of hydrogen-bond acceptors (Lipinski definition) is 3. The van der Waals surface area contributed by atoms with Gasteiger partial charge < -0.3 is 0 Å². The number of carbonyl (C=O) groups is 1. The third kappa shape index (κ3) is 1.53. The summed E-state index contributed by atoms with van der Waals surface area (Å²) in [6.45, 7) is 3.98. The highest BCUT2D eigenvalue weighted by molar-refractivity contribution is 7.13. The van der Waals surface area contributed by atoms with Gasteiger partial charge in [-0.3, -0.25) is 4.79 Å². The lowest BCUT2D eigenvalue weighted by molar-refractivity contribution is 0.0854. The maximum absolute atomic E-state index is 11.7. The van der Waals surface area contributed by atoms with Gasteiger partial charge in [0.1, 0.15) is 0 Å². The van der Waals surface area contributed by atoms with Crippen LogP contribution >= 0.6 is 11.3 Å². The standard InChI is InChI=1S/C10H13NOS/c1-6-7(2)13-10(11-6)9(12)8-4-3-5-8/h8H,3-5H2,1-2H3. The van der Waals surface area contributed by atoms with Crippen LogP contribution in [0.5, 0.6) is 0 Å². The molecule has 1 fully saturated rings. The van der Waals surface area contributed by atoms with Crippen molar-refractivity contribution in [3.05, 3.63) is 15.6 Å². The Kier molecular flexibility index (Phi) is 2.20. The molecule has 70 valence electrons. The van der Waals surface area contributed by atoms with Crippen molar-refractivity contribution in [1.29, 1.82) is 0 Å². The van der Waals surface area contributed by atoms with Crippen LogP contribution in [0.25, 0.3) is 0 Å². The van der Waals surface area contributed by atoms with Crippen LogP contribution in [0.3, 0.4) is 0 Å². The molecule has 0 unspecified atom stereocenters. The van der Waals surface area contributed by atoms with E-state index in [1.54, 1.807) is 0 Å². The maximum atomic E-state index is 11.7. The van der Waals surface area contributed by atoms with Crippen molar-refractivity contribution in [3.63, 3.8) is 0 Å². The van der Waals surface area contributed by atoms with Crippen molar-refractivity contribution in [2.24, 2.45) is 5.92 Å². The van der Waals surface area contributed by atoms with Gasteiger partial charge in [-0.2, -0.15) is 0 Å². The van der Waals surface area contributed by atoms with Gasteiger partial charge in [0.25, 0.3) is 0 Å². The van der Waals surface area contributed by atoms with Crippen molar-refractivity contribution in [3.8, 4) is 0 Å². The van der Waals surface area contributed by atoms with E-state index < -0.39 is 0 Å². The maximum Gasteiger partial charge on any atom is 0.194 e. The molecule has 0 amide bonds. The van der Waals surface area contributed by atoms with Gasteiger partial charge in [0.2, 0.25) is 0 Å². The number of rotatable bonds is 2. The van der Waals surface area contributed by atoms with Crippen molar-refractivity contribution in [2.75, 3.05) is 0 Å². The molecule has 1 aliphatic carbocycles. The van der Waals surface area contributed by atoms with E-state index >= 15 is 0 Å². The molecule has 0 aromatic carbocycles. The molecular formula is C10H13NOS. The fourth-order valence-corrected chi connectivity index (χ4v) is 2.36. The lowest BCUT2D eigenvalue weighted by Gasteiger charge is -2.22. The second kappa shape index (κ2) is 3.22. The van der Waals surface area contributed by atoms with Gasteiger partial charge in [0.05, 0.1) is 5.69 Å². The molecule has 0 N–H and O–H groups in total. The molecule has 0 aliphatic heterocycles. The summed E-state index contributed by atoms with van der Waals surface area (Å²) in [6, 6.07) is 0. The molecule has 1 aromatic heterocycles. The minimum atomic E-state index is 0.271. The van der Waals surface area contributed by atoms with Gasteiger partial charge in [-0.25, -0.2) is 4.98 Å². The Hall–Kier alpha value is -0.700. The van der Waals surface area contributed by atoms with Crippen LogP contribution in [0.1, 0.15) is 39.6 Å². The zero-order valence-electron chi connectivity index (χ0n) is 7.96. The van der Waals surface area contributed by atoms with Gasteiger partial charge in [-0.15, -0.1) is 11.3 Å². The van der Waals surface area contributed by atoms with Crippen LogP contribution in [0, 0.1) is 19.8 Å². The Morgan fingerprint density at radius 1 is 1.46 bits per heavy atom. The normalized spacial score (nSPS) is 17.1. The molecule has 0 spiro atoms. The molecule has 13 heavy (non-hydrogen) atoms. The third-order valence-corrected chi connectivity index (χ3v) is 3.80. The molecule has 2 nitrogen and oxygen atoms in total. The van der Waals surface area contributed by atoms with Crippen molar-refractivity contribution < 1.29 is 4.79 Å². The largest absolute Gasteiger partial charge is 0.291 e. The zero-order valence-corrected chi connectivity index (χ0v) is 8.78. The van der Waals surface area contributed by atoms with E-state index in [1.807, 2.05) is 13.8 Å². The van der Waals surface area contributed by atoms with Crippen LogP contribution < -0.4 is 0 Å². The number of aromatic nitrogens is 1. The summed E-state index contributed by atoms with van der Waals surface area (Å²) < 4.78 is 0. The predicted octanol–water partition coefficient (Wildman–Crippen LogP) is 2.74. The molecule has 0 bridgehead atoms. The third-order valence-electron chi connectivity index (χ3n) is 2.72. The van der Waals surface area contributed by atoms with E-state index in [1.165, 1.54) is 22.6 Å². The molecular weight excluding hydrogens is 182 g/mol. The minimum Gasteiger partial charge on any atom is -0.291 e. The monoisotopic (exact) mass is 195 g/mol. The summed E-state index contributed by atoms with van der Waals surface area (Å²) in [5, 5.41) is 0.722. The Morgan fingerprint density at radius 3 is 2.54 bits per heavy atom. The van der Waals surface area contributed by atoms with Crippen LogP contribution in [-0.4, -0.2) is 10.8 Å². The first-order chi connectivity index (χ1) is 6.18. The first-order valence-electron chi connectivity index (χ1n) is 4.66. The highest BCUT2D eigenvalue weighted by Crippen LogP contribution is 2.31. The van der Waals surface area contributed by atoms with E-state index in [0.29, 0.717) is 0 Å². The number of nitrogens with zero attached hydrogens (tertiary/aromatic N) is 1. The van der Waals surface area contributed by atoms with Crippen molar-refractivity contribution in [1.82, 2.24) is 4.98 Å². The van der Waals surface area contributed by atoms with E-state index in [9.17, 15) is 4.79 Å². The quantitative estimate of drug-likeness (QED) is 0.679. The number of aryl methyl sites for hydroxylation is 2. The minimum absolute atomic E-state index is 0.271. The number of carbonyl (C=O) groups excluding carboxylic acids is 1. The first kappa shape index (κ1) is 8.88. The number of ketones is 1. The average Bonchev–Trinajstić information content (AvgIpc) is 2.28. The summed E-state index contributed by atoms with van der Waals surface area (Å²) >= 11 is 1.54. The molecule has 3 heteroatoms. The van der Waals surface area contributed by atoms with Crippen LogP contribution in [-0.2, 0) is 0 Å². The van der Waals surface area contributed by atoms with E-state index in [0.717, 1.165) is 23.5 Å². The molecule has 1 saturated carbocycles. The van der Waals surface area contributed by atoms with Crippen LogP contribution in [0.4, 0.5) is 0 Å². The predicted molar refractivity (Wildman–Crippen MR) is 53.3 cm³/mol. The second-order valence-corrected chi connectivity index (χ2v) is 4.86. The highest BCUT2D eigenvalue weighted by atomic mass is 32.1. The first-order valence-corrected chi connectivity index (χ1v) is 5.48. The topological polar surface area (TPSA) is 30.0 Å². The summed E-state index contributed by atoms with van der Waals surface area (Å²) in [5.74, 6) is 0.553. The highest BCUT2D eigenvalue weighted by Gasteiger charge is 2.28. The van der Waals surface area contributed by atoms with Gasteiger partial charge in [-0.1, -0.05) is 6.42 Å². The fourth-order valence-electron chi connectivity index (χ4n) is 1.42. The Bertz CT molecular complexity index is 319. The van der Waals surface area contributed by atoms with Gasteiger partial charge >= 0.3 is 0 Å². The fraction of sp³-hybridized carbons (Fsp3) is 0.600. The second-order valence-electron chi connectivity index (χ2n) is 3.65. The summed E-state index contributed by atoms with van der Waals surface area (Å²) in [6.07, 6.45) is 3.34. The molecule has 1 aliphatic rings. The van der Waals surface area contributed by atoms with E-state index in [-0.39, 0.29) is 11.7 Å². The van der Waals surface area contributed by atoms with Gasteiger partial charge in [0.15, 0.2) is 10.8 Å². The van der Waals surface area contributed by atoms with Crippen LogP contribution in [0.15, 0.2) is 0 Å². The van der Waals surface area contributed by atoms with E-state index in [4.69, 9.17) is 0 Å². The summed E-state index contributed by atoms with van der Waals surface area (Å²) in [5.41, 5.74) is 1.01. The average molecular weight is 195 g/mol. The SMILES string of the molecule is Cc1nc(C(=O)C2CCC2)sc1C. The smallest absolute Gasteiger partial charge is 0.194 e. The summed E-state index contributed by atoms with van der Waals surface area (Å²) in [4.78, 5) is 17.2. The van der Waals surface area contributed by atoms with Crippen molar-refractivity contribution in [2.45, 2.75) is 33.1 Å². The van der Waals surface area contributed by atoms with Gasteiger partial charge in [0, 0.05) is 10.8 Å². The Morgan fingerprint density at radius 2 is 2.15 bits per heavy atom. The van der Waals surface area contributed by atoms with Crippen LogP contribution in [0.2, 0.25) is 0 Å². The molecule has 1 aromatic rings. The summed E-state index contributed by atoms with van der Waals surface area (Å²) in [7, 11) is 0. The lowest BCUT2D eigenvalue weighted by Crippen LogP contribution is -2.21. The van der Waals surface area contributed by atoms with Crippen molar-refractivity contribution >= 4 is 17.1 Å². The molecule has 1 heterocycles. The molecule has 0 radical (unpaired) electrons. The number of Topliss-reactive ketones (excluding diaryl/α,β-unsaturated/α-hetero) is 1. The number of thiazole rings is 1. The zero-order chi connectivity index (χ0) is 9.42. The Labute approximate surface area is 82.0 Å². The molecule has 2 rings (SSSR count). The Balaban J connectivity index is 2.19. The number of hydrogen-bond donors (Lipinski definition) is 0. The molecule has 0 saturated heterocycles.